The molecule has 0 aliphatic carbocycles. The molecule has 6 heteroatoms. The summed E-state index contributed by atoms with van der Waals surface area (Å²) in [4.78, 5) is 22.1. The summed E-state index contributed by atoms with van der Waals surface area (Å²) in [6.07, 6.45) is 0. The number of amides is 1. The van der Waals surface area contributed by atoms with Crippen molar-refractivity contribution in [3.63, 3.8) is 0 Å². The van der Waals surface area contributed by atoms with E-state index in [4.69, 9.17) is 11.6 Å². The number of hydrogen-bond acceptors (Lipinski definition) is 4. The Balaban J connectivity index is 1.29. The maximum atomic E-state index is 13.1. The van der Waals surface area contributed by atoms with Crippen molar-refractivity contribution >= 4 is 28.9 Å². The lowest BCUT2D eigenvalue weighted by atomic mass is 10.1. The fourth-order valence-corrected chi connectivity index (χ4v) is 4.56. The Kier molecular flexibility index (Phi) is 6.26. The van der Waals surface area contributed by atoms with Gasteiger partial charge in [0.15, 0.2) is 0 Å². The summed E-state index contributed by atoms with van der Waals surface area (Å²) in [6.45, 7) is 8.95. The SMILES string of the molecule is C[C@H](C(=O)N1CCN(c2ccccc2)CC1)N1CCN(c2ccccc2Cl)CC1. The van der Waals surface area contributed by atoms with Crippen molar-refractivity contribution in [3.05, 3.63) is 59.6 Å². The second kappa shape index (κ2) is 9.06. The van der Waals surface area contributed by atoms with Crippen LogP contribution in [0.15, 0.2) is 54.6 Å². The normalized spacial score (nSPS) is 19.3. The van der Waals surface area contributed by atoms with E-state index in [9.17, 15) is 4.79 Å². The van der Waals surface area contributed by atoms with Gasteiger partial charge in [-0.25, -0.2) is 0 Å². The Morgan fingerprint density at radius 3 is 2.03 bits per heavy atom. The molecule has 0 unspecified atom stereocenters. The number of benzene rings is 2. The molecule has 1 amide bonds. The van der Waals surface area contributed by atoms with Crippen LogP contribution < -0.4 is 9.80 Å². The molecule has 0 saturated carbocycles. The van der Waals surface area contributed by atoms with Crippen molar-refractivity contribution in [1.29, 1.82) is 0 Å². The molecule has 0 spiro atoms. The minimum absolute atomic E-state index is 0.0772. The van der Waals surface area contributed by atoms with Crippen LogP contribution in [0.4, 0.5) is 11.4 Å². The van der Waals surface area contributed by atoms with Crippen LogP contribution in [-0.2, 0) is 4.79 Å². The molecule has 2 aliphatic heterocycles. The minimum atomic E-state index is -0.0772. The summed E-state index contributed by atoms with van der Waals surface area (Å²) in [7, 11) is 0. The molecular weight excluding hydrogens is 384 g/mol. The highest BCUT2D eigenvalue weighted by Crippen LogP contribution is 2.26. The van der Waals surface area contributed by atoms with Crippen LogP contribution in [0.2, 0.25) is 5.02 Å². The molecule has 2 heterocycles. The summed E-state index contributed by atoms with van der Waals surface area (Å²) in [5, 5.41) is 0.793. The highest BCUT2D eigenvalue weighted by molar-refractivity contribution is 6.33. The first-order chi connectivity index (χ1) is 14.1. The molecule has 2 fully saturated rings. The highest BCUT2D eigenvalue weighted by atomic mass is 35.5. The topological polar surface area (TPSA) is 30.0 Å². The van der Waals surface area contributed by atoms with Crippen LogP contribution in [-0.4, -0.2) is 74.1 Å². The summed E-state index contributed by atoms with van der Waals surface area (Å²) in [6, 6.07) is 18.4. The Hall–Kier alpha value is -2.24. The van der Waals surface area contributed by atoms with Crippen molar-refractivity contribution < 1.29 is 4.79 Å². The number of nitrogens with zero attached hydrogens (tertiary/aromatic N) is 4. The first-order valence-electron chi connectivity index (χ1n) is 10.5. The van der Waals surface area contributed by atoms with Gasteiger partial charge in [0.2, 0.25) is 5.91 Å². The smallest absolute Gasteiger partial charge is 0.239 e. The number of carbonyl (C=O) groups excluding carboxylic acids is 1. The lowest BCUT2D eigenvalue weighted by Gasteiger charge is -2.42. The molecule has 0 N–H and O–H groups in total. The number of rotatable bonds is 4. The first kappa shape index (κ1) is 20.0. The molecular formula is C23H29ClN4O. The van der Waals surface area contributed by atoms with E-state index in [1.54, 1.807) is 0 Å². The maximum Gasteiger partial charge on any atom is 0.239 e. The van der Waals surface area contributed by atoms with Gasteiger partial charge in [-0.05, 0) is 31.2 Å². The van der Waals surface area contributed by atoms with Crippen molar-refractivity contribution in [2.24, 2.45) is 0 Å². The maximum absolute atomic E-state index is 13.1. The van der Waals surface area contributed by atoms with E-state index in [2.05, 4.69) is 52.0 Å². The van der Waals surface area contributed by atoms with Crippen molar-refractivity contribution in [3.8, 4) is 0 Å². The van der Waals surface area contributed by atoms with Crippen molar-refractivity contribution in [2.75, 3.05) is 62.2 Å². The number of hydrogen-bond donors (Lipinski definition) is 0. The zero-order chi connectivity index (χ0) is 20.2. The molecule has 29 heavy (non-hydrogen) atoms. The summed E-state index contributed by atoms with van der Waals surface area (Å²) in [5.74, 6) is 0.254. The molecule has 0 aromatic heterocycles. The van der Waals surface area contributed by atoms with E-state index < -0.39 is 0 Å². The summed E-state index contributed by atoms with van der Waals surface area (Å²) in [5.41, 5.74) is 2.33. The van der Waals surface area contributed by atoms with Gasteiger partial charge in [-0.2, -0.15) is 0 Å². The fourth-order valence-electron chi connectivity index (χ4n) is 4.30. The lowest BCUT2D eigenvalue weighted by molar-refractivity contribution is -0.136. The Morgan fingerprint density at radius 2 is 1.38 bits per heavy atom. The second-order valence-electron chi connectivity index (χ2n) is 7.80. The Labute approximate surface area is 178 Å². The van der Waals surface area contributed by atoms with E-state index >= 15 is 0 Å². The zero-order valence-electron chi connectivity index (χ0n) is 17.0. The molecule has 154 valence electrons. The lowest BCUT2D eigenvalue weighted by Crippen LogP contribution is -2.57. The van der Waals surface area contributed by atoms with Crippen molar-refractivity contribution in [1.82, 2.24) is 9.80 Å². The third kappa shape index (κ3) is 4.51. The first-order valence-corrected chi connectivity index (χ1v) is 10.8. The molecule has 0 bridgehead atoms. The van der Waals surface area contributed by atoms with Gasteiger partial charge in [0.05, 0.1) is 16.8 Å². The average molecular weight is 413 g/mol. The van der Waals surface area contributed by atoms with E-state index in [-0.39, 0.29) is 11.9 Å². The second-order valence-corrected chi connectivity index (χ2v) is 8.21. The molecule has 2 aliphatic rings. The van der Waals surface area contributed by atoms with Gasteiger partial charge in [0, 0.05) is 58.0 Å². The molecule has 2 aromatic carbocycles. The number of anilines is 2. The number of piperazine rings is 2. The van der Waals surface area contributed by atoms with Crippen LogP contribution in [0.1, 0.15) is 6.92 Å². The highest BCUT2D eigenvalue weighted by Gasteiger charge is 2.30. The summed E-state index contributed by atoms with van der Waals surface area (Å²) < 4.78 is 0. The predicted octanol–water partition coefficient (Wildman–Crippen LogP) is 3.20. The molecule has 5 nitrogen and oxygen atoms in total. The Bertz CT molecular complexity index is 815. The number of para-hydroxylation sites is 2. The van der Waals surface area contributed by atoms with E-state index in [1.807, 2.05) is 29.2 Å². The van der Waals surface area contributed by atoms with Gasteiger partial charge in [-0.3, -0.25) is 9.69 Å². The zero-order valence-corrected chi connectivity index (χ0v) is 17.8. The fraction of sp³-hybridized carbons (Fsp3) is 0.435. The van der Waals surface area contributed by atoms with E-state index in [1.165, 1.54) is 5.69 Å². The monoisotopic (exact) mass is 412 g/mol. The molecule has 2 saturated heterocycles. The van der Waals surface area contributed by atoms with E-state index in [0.717, 1.165) is 63.1 Å². The molecule has 4 rings (SSSR count). The third-order valence-corrected chi connectivity index (χ3v) is 6.44. The van der Waals surface area contributed by atoms with Crippen LogP contribution in [0.3, 0.4) is 0 Å². The van der Waals surface area contributed by atoms with Gasteiger partial charge in [-0.15, -0.1) is 0 Å². The third-order valence-electron chi connectivity index (χ3n) is 6.13. The molecule has 0 radical (unpaired) electrons. The molecule has 1 atom stereocenters. The number of halogens is 1. The van der Waals surface area contributed by atoms with Crippen LogP contribution in [0, 0.1) is 0 Å². The average Bonchev–Trinajstić information content (AvgIpc) is 2.79. The van der Waals surface area contributed by atoms with Crippen LogP contribution in [0.5, 0.6) is 0 Å². The summed E-state index contributed by atoms with van der Waals surface area (Å²) >= 11 is 6.34. The van der Waals surface area contributed by atoms with Gasteiger partial charge >= 0.3 is 0 Å². The van der Waals surface area contributed by atoms with E-state index in [0.29, 0.717) is 0 Å². The van der Waals surface area contributed by atoms with Gasteiger partial charge in [0.1, 0.15) is 0 Å². The van der Waals surface area contributed by atoms with Gasteiger partial charge in [0.25, 0.3) is 0 Å². The molecule has 2 aromatic rings. The Morgan fingerprint density at radius 1 is 0.793 bits per heavy atom. The predicted molar refractivity (Wildman–Crippen MR) is 120 cm³/mol. The number of carbonyl (C=O) groups is 1. The van der Waals surface area contributed by atoms with Gasteiger partial charge < -0.3 is 14.7 Å². The standard InChI is InChI=1S/C23H29ClN4O/c1-19(25-11-15-27(16-12-25)22-10-6-5-9-21(22)24)23(29)28-17-13-26(14-18-28)20-7-3-2-4-8-20/h2-10,19H,11-18H2,1H3/t19-/m1/s1. The van der Waals surface area contributed by atoms with Crippen LogP contribution in [0.25, 0.3) is 0 Å². The van der Waals surface area contributed by atoms with Crippen LogP contribution >= 0.6 is 11.6 Å². The minimum Gasteiger partial charge on any atom is -0.368 e. The van der Waals surface area contributed by atoms with Gasteiger partial charge in [-0.1, -0.05) is 41.9 Å². The largest absolute Gasteiger partial charge is 0.368 e. The van der Waals surface area contributed by atoms with Crippen molar-refractivity contribution in [2.45, 2.75) is 13.0 Å². The quantitative estimate of drug-likeness (QED) is 0.771.